The Labute approximate surface area is 160 Å². The van der Waals surface area contributed by atoms with Crippen molar-refractivity contribution in [2.45, 2.75) is 13.3 Å². The Hall–Kier alpha value is -1.47. The smallest absolute Gasteiger partial charge is 0.174 e. The molecule has 0 spiro atoms. The molecule has 0 unspecified atom stereocenters. The molecular formula is C18H18ClIO4. The molecule has 128 valence electrons. The van der Waals surface area contributed by atoms with Gasteiger partial charge < -0.3 is 14.2 Å². The Kier molecular flexibility index (Phi) is 7.65. The van der Waals surface area contributed by atoms with Crippen molar-refractivity contribution in [3.05, 3.63) is 50.6 Å². The van der Waals surface area contributed by atoms with Crippen LogP contribution in [0.3, 0.4) is 0 Å². The number of carbonyl (C=O) groups excluding carboxylic acids is 1. The van der Waals surface area contributed by atoms with Crippen LogP contribution in [-0.4, -0.2) is 26.1 Å². The minimum Gasteiger partial charge on any atom is -0.493 e. The average molecular weight is 461 g/mol. The van der Waals surface area contributed by atoms with E-state index in [1.54, 1.807) is 24.3 Å². The number of hydrogen-bond acceptors (Lipinski definition) is 4. The second-order valence-electron chi connectivity index (χ2n) is 4.89. The van der Waals surface area contributed by atoms with E-state index < -0.39 is 0 Å². The summed E-state index contributed by atoms with van der Waals surface area (Å²) < 4.78 is 17.9. The Morgan fingerprint density at radius 1 is 1.08 bits per heavy atom. The maximum Gasteiger partial charge on any atom is 0.174 e. The Morgan fingerprint density at radius 2 is 1.79 bits per heavy atom. The van der Waals surface area contributed by atoms with E-state index >= 15 is 0 Å². The van der Waals surface area contributed by atoms with E-state index in [4.69, 9.17) is 25.8 Å². The number of rotatable bonds is 9. The van der Waals surface area contributed by atoms with Crippen LogP contribution in [0.5, 0.6) is 17.2 Å². The summed E-state index contributed by atoms with van der Waals surface area (Å²) >= 11 is 7.97. The molecule has 0 saturated carbocycles. The predicted molar refractivity (Wildman–Crippen MR) is 103 cm³/mol. The lowest BCUT2D eigenvalue weighted by Gasteiger charge is -2.14. The zero-order valence-corrected chi connectivity index (χ0v) is 16.2. The standard InChI is InChI=1S/C18H18ClIO4/c1-2-22-17-11-13(12-21)10-16(20)18(17)24-9-3-8-23-15-6-4-14(19)5-7-15/h4-7,10-12H,2-3,8-9H2,1H3. The number of hydrogen-bond donors (Lipinski definition) is 0. The van der Waals surface area contributed by atoms with E-state index in [9.17, 15) is 4.79 Å². The van der Waals surface area contributed by atoms with Crippen molar-refractivity contribution in [2.24, 2.45) is 0 Å². The fraction of sp³-hybridized carbons (Fsp3) is 0.278. The first kappa shape index (κ1) is 18.9. The maximum atomic E-state index is 11.0. The number of benzene rings is 2. The van der Waals surface area contributed by atoms with Crippen molar-refractivity contribution in [1.29, 1.82) is 0 Å². The molecule has 0 aliphatic carbocycles. The number of halogens is 2. The third-order valence-electron chi connectivity index (χ3n) is 3.09. The minimum absolute atomic E-state index is 0.490. The lowest BCUT2D eigenvalue weighted by atomic mass is 10.2. The molecule has 0 aliphatic rings. The molecule has 0 aliphatic heterocycles. The van der Waals surface area contributed by atoms with Gasteiger partial charge in [-0.05, 0) is 65.9 Å². The van der Waals surface area contributed by atoms with Crippen LogP contribution in [0.25, 0.3) is 0 Å². The first-order valence-corrected chi connectivity index (χ1v) is 9.02. The van der Waals surface area contributed by atoms with Gasteiger partial charge in [0.2, 0.25) is 0 Å². The van der Waals surface area contributed by atoms with Gasteiger partial charge in [0.15, 0.2) is 11.5 Å². The highest BCUT2D eigenvalue weighted by Crippen LogP contribution is 2.34. The van der Waals surface area contributed by atoms with Gasteiger partial charge in [0.25, 0.3) is 0 Å². The average Bonchev–Trinajstić information content (AvgIpc) is 2.58. The van der Waals surface area contributed by atoms with E-state index in [1.165, 1.54) is 0 Å². The SMILES string of the molecule is CCOc1cc(C=O)cc(I)c1OCCCOc1ccc(Cl)cc1. The highest BCUT2D eigenvalue weighted by molar-refractivity contribution is 14.1. The first-order valence-electron chi connectivity index (χ1n) is 7.56. The summed E-state index contributed by atoms with van der Waals surface area (Å²) in [6.07, 6.45) is 1.52. The van der Waals surface area contributed by atoms with Crippen molar-refractivity contribution in [2.75, 3.05) is 19.8 Å². The van der Waals surface area contributed by atoms with E-state index in [1.807, 2.05) is 19.1 Å². The topological polar surface area (TPSA) is 44.8 Å². The van der Waals surface area contributed by atoms with Gasteiger partial charge in [-0.25, -0.2) is 0 Å². The normalized spacial score (nSPS) is 10.3. The largest absolute Gasteiger partial charge is 0.493 e. The molecule has 2 aromatic rings. The summed E-state index contributed by atoms with van der Waals surface area (Å²) in [5.41, 5.74) is 0.571. The number of aldehydes is 1. The van der Waals surface area contributed by atoms with Crippen molar-refractivity contribution >= 4 is 40.5 Å². The summed E-state index contributed by atoms with van der Waals surface area (Å²) in [4.78, 5) is 11.0. The van der Waals surface area contributed by atoms with Crippen molar-refractivity contribution in [1.82, 2.24) is 0 Å². The van der Waals surface area contributed by atoms with Gasteiger partial charge in [-0.1, -0.05) is 11.6 Å². The van der Waals surface area contributed by atoms with Crippen LogP contribution in [0.4, 0.5) is 0 Å². The monoisotopic (exact) mass is 460 g/mol. The summed E-state index contributed by atoms with van der Waals surface area (Å²) in [5.74, 6) is 2.03. The molecule has 2 rings (SSSR count). The fourth-order valence-corrected chi connectivity index (χ4v) is 2.92. The van der Waals surface area contributed by atoms with Gasteiger partial charge in [-0.15, -0.1) is 0 Å². The van der Waals surface area contributed by atoms with Crippen LogP contribution in [0.15, 0.2) is 36.4 Å². The van der Waals surface area contributed by atoms with Gasteiger partial charge in [-0.2, -0.15) is 0 Å². The molecule has 0 heterocycles. The quantitative estimate of drug-likeness (QED) is 0.300. The molecule has 0 aromatic heterocycles. The zero-order valence-electron chi connectivity index (χ0n) is 13.3. The summed E-state index contributed by atoms with van der Waals surface area (Å²) in [6.45, 7) is 3.43. The molecule has 24 heavy (non-hydrogen) atoms. The molecule has 4 nitrogen and oxygen atoms in total. The number of ether oxygens (including phenoxy) is 3. The highest BCUT2D eigenvalue weighted by atomic mass is 127. The molecule has 0 radical (unpaired) electrons. The van der Waals surface area contributed by atoms with Crippen LogP contribution in [0, 0.1) is 3.57 Å². The van der Waals surface area contributed by atoms with E-state index in [-0.39, 0.29) is 0 Å². The molecule has 0 fully saturated rings. The predicted octanol–water partition coefficient (Wildman–Crippen LogP) is 5.00. The third-order valence-corrected chi connectivity index (χ3v) is 4.14. The third kappa shape index (κ3) is 5.56. The molecule has 0 saturated heterocycles. The molecule has 0 bridgehead atoms. The van der Waals surface area contributed by atoms with E-state index in [2.05, 4.69) is 22.6 Å². The second kappa shape index (κ2) is 9.74. The van der Waals surface area contributed by atoms with Gasteiger partial charge >= 0.3 is 0 Å². The summed E-state index contributed by atoms with van der Waals surface area (Å²) in [5, 5.41) is 0.683. The maximum absolute atomic E-state index is 11.0. The Balaban J connectivity index is 1.87. The molecule has 0 amide bonds. The first-order chi connectivity index (χ1) is 11.6. The van der Waals surface area contributed by atoms with Crippen molar-refractivity contribution < 1.29 is 19.0 Å². The molecule has 0 atom stereocenters. The lowest BCUT2D eigenvalue weighted by molar-refractivity contribution is 0.112. The van der Waals surface area contributed by atoms with E-state index in [0.29, 0.717) is 41.9 Å². The van der Waals surface area contributed by atoms with Crippen molar-refractivity contribution in [3.8, 4) is 17.2 Å². The molecule has 0 N–H and O–H groups in total. The summed E-state index contributed by atoms with van der Waals surface area (Å²) in [6, 6.07) is 10.7. The second-order valence-corrected chi connectivity index (χ2v) is 6.48. The molecular weight excluding hydrogens is 443 g/mol. The van der Waals surface area contributed by atoms with Crippen LogP contribution in [-0.2, 0) is 0 Å². The minimum atomic E-state index is 0.490. The van der Waals surface area contributed by atoms with Crippen LogP contribution >= 0.6 is 34.2 Å². The van der Waals surface area contributed by atoms with Gasteiger partial charge in [0.05, 0.1) is 23.4 Å². The lowest BCUT2D eigenvalue weighted by Crippen LogP contribution is -2.07. The Morgan fingerprint density at radius 3 is 2.46 bits per heavy atom. The highest BCUT2D eigenvalue weighted by Gasteiger charge is 2.12. The van der Waals surface area contributed by atoms with Crippen LogP contribution in [0.1, 0.15) is 23.7 Å². The van der Waals surface area contributed by atoms with Gasteiger partial charge in [0, 0.05) is 17.0 Å². The van der Waals surface area contributed by atoms with Crippen LogP contribution in [0.2, 0.25) is 5.02 Å². The van der Waals surface area contributed by atoms with Crippen LogP contribution < -0.4 is 14.2 Å². The van der Waals surface area contributed by atoms with Crippen molar-refractivity contribution in [3.63, 3.8) is 0 Å². The van der Waals surface area contributed by atoms with Gasteiger partial charge in [0.1, 0.15) is 12.0 Å². The molecule has 2 aromatic carbocycles. The van der Waals surface area contributed by atoms with E-state index in [0.717, 1.165) is 22.0 Å². The summed E-state index contributed by atoms with van der Waals surface area (Å²) in [7, 11) is 0. The fourth-order valence-electron chi connectivity index (χ4n) is 2.01. The Bertz CT molecular complexity index is 673. The molecule has 6 heteroatoms. The van der Waals surface area contributed by atoms with Gasteiger partial charge in [-0.3, -0.25) is 4.79 Å². The number of carbonyl (C=O) groups is 1. The zero-order chi connectivity index (χ0) is 17.4.